The first kappa shape index (κ1) is 10.7. The van der Waals surface area contributed by atoms with Crippen molar-refractivity contribution in [3.63, 3.8) is 0 Å². The summed E-state index contributed by atoms with van der Waals surface area (Å²) in [5.41, 5.74) is 0. The van der Waals surface area contributed by atoms with Crippen molar-refractivity contribution >= 4 is 0 Å². The third-order valence-electron chi connectivity index (χ3n) is 8.03. The first-order chi connectivity index (χ1) is 8.92. The molecule has 0 amide bonds. The van der Waals surface area contributed by atoms with Crippen LogP contribution in [-0.2, 0) is 0 Å². The SMILES string of the molecule is C1CC2CCC3CC4CCCC5CC(C1)C2C3C54. The van der Waals surface area contributed by atoms with Crippen LogP contribution < -0.4 is 0 Å². The smallest absolute Gasteiger partial charge is 0.0318 e. The van der Waals surface area contributed by atoms with E-state index >= 15 is 0 Å². The monoisotopic (exact) mass is 244 g/mol. The lowest BCUT2D eigenvalue weighted by Gasteiger charge is -2.56. The molecule has 0 bridgehead atoms. The summed E-state index contributed by atoms with van der Waals surface area (Å²) in [6.45, 7) is 0. The lowest BCUT2D eigenvalue weighted by Crippen LogP contribution is -2.49. The van der Waals surface area contributed by atoms with Crippen LogP contribution in [0.3, 0.4) is 0 Å². The minimum atomic E-state index is 1.17. The standard InChI is InChI=1S/C18H28/c1-3-11-7-8-15-10-14-6-2-5-13-9-12(4-1)16(11)18(15)17(13)14/h11-18H,1-10H2. The van der Waals surface area contributed by atoms with E-state index in [1.165, 1.54) is 47.3 Å². The Balaban J connectivity index is 1.56. The van der Waals surface area contributed by atoms with E-state index in [4.69, 9.17) is 0 Å². The molecule has 0 heterocycles. The van der Waals surface area contributed by atoms with E-state index in [2.05, 4.69) is 0 Å². The zero-order valence-electron chi connectivity index (χ0n) is 11.7. The summed E-state index contributed by atoms with van der Waals surface area (Å²) in [7, 11) is 0. The lowest BCUT2D eigenvalue weighted by molar-refractivity contribution is -0.0715. The molecule has 0 aromatic heterocycles. The highest BCUT2D eigenvalue weighted by Crippen LogP contribution is 2.66. The molecule has 0 spiro atoms. The van der Waals surface area contributed by atoms with E-state index in [1.54, 1.807) is 64.2 Å². The van der Waals surface area contributed by atoms with Gasteiger partial charge in [-0.2, -0.15) is 0 Å². The van der Waals surface area contributed by atoms with Crippen molar-refractivity contribution in [2.24, 2.45) is 47.3 Å². The summed E-state index contributed by atoms with van der Waals surface area (Å²) in [5, 5.41) is 0. The summed E-state index contributed by atoms with van der Waals surface area (Å²) in [4.78, 5) is 0. The maximum absolute atomic E-state index is 1.66. The Kier molecular flexibility index (Phi) is 2.25. The second-order valence-electron chi connectivity index (χ2n) is 8.44. The predicted octanol–water partition coefficient (Wildman–Crippen LogP) is 4.89. The summed E-state index contributed by atoms with van der Waals surface area (Å²) in [6, 6.07) is 0. The molecular formula is C18H28. The summed E-state index contributed by atoms with van der Waals surface area (Å²) < 4.78 is 0. The van der Waals surface area contributed by atoms with Crippen molar-refractivity contribution < 1.29 is 0 Å². The van der Waals surface area contributed by atoms with E-state index < -0.39 is 0 Å². The predicted molar refractivity (Wildman–Crippen MR) is 74.1 cm³/mol. The van der Waals surface area contributed by atoms with Gasteiger partial charge in [0.15, 0.2) is 0 Å². The van der Waals surface area contributed by atoms with E-state index in [0.717, 1.165) is 0 Å². The topological polar surface area (TPSA) is 0 Å². The molecule has 5 aliphatic rings. The van der Waals surface area contributed by atoms with Gasteiger partial charge < -0.3 is 0 Å². The van der Waals surface area contributed by atoms with Crippen molar-refractivity contribution in [2.75, 3.05) is 0 Å². The van der Waals surface area contributed by atoms with Gasteiger partial charge in [0, 0.05) is 0 Å². The summed E-state index contributed by atoms with van der Waals surface area (Å²) >= 11 is 0. The van der Waals surface area contributed by atoms with E-state index in [1.807, 2.05) is 0 Å². The van der Waals surface area contributed by atoms with Crippen LogP contribution >= 0.6 is 0 Å². The minimum Gasteiger partial charge on any atom is -0.0528 e. The number of hydrogen-bond donors (Lipinski definition) is 0. The van der Waals surface area contributed by atoms with Gasteiger partial charge in [-0.25, -0.2) is 0 Å². The van der Waals surface area contributed by atoms with Gasteiger partial charge in [0.2, 0.25) is 0 Å². The first-order valence-electron chi connectivity index (χ1n) is 8.92. The van der Waals surface area contributed by atoms with Crippen molar-refractivity contribution in [3.05, 3.63) is 0 Å². The van der Waals surface area contributed by atoms with E-state index in [-0.39, 0.29) is 0 Å². The molecular weight excluding hydrogens is 216 g/mol. The van der Waals surface area contributed by atoms with Crippen LogP contribution in [0.5, 0.6) is 0 Å². The molecule has 5 aliphatic carbocycles. The Morgan fingerprint density at radius 3 is 1.50 bits per heavy atom. The summed E-state index contributed by atoms with van der Waals surface area (Å²) in [6.07, 6.45) is 16.1. The second-order valence-corrected chi connectivity index (χ2v) is 8.44. The van der Waals surface area contributed by atoms with Gasteiger partial charge in [-0.05, 0) is 73.0 Å². The molecule has 0 N–H and O–H groups in total. The Bertz CT molecular complexity index is 344. The molecule has 0 saturated heterocycles. The number of rotatable bonds is 0. The van der Waals surface area contributed by atoms with Crippen LogP contribution in [0.1, 0.15) is 64.2 Å². The largest absolute Gasteiger partial charge is 0.0528 e. The van der Waals surface area contributed by atoms with Gasteiger partial charge in [-0.3, -0.25) is 0 Å². The van der Waals surface area contributed by atoms with Gasteiger partial charge in [-0.1, -0.05) is 38.5 Å². The molecule has 0 aromatic carbocycles. The number of hydrogen-bond acceptors (Lipinski definition) is 0. The average Bonchev–Trinajstić information content (AvgIpc) is 2.79. The Morgan fingerprint density at radius 2 is 0.833 bits per heavy atom. The molecule has 5 rings (SSSR count). The summed E-state index contributed by atoms with van der Waals surface area (Å²) in [5.74, 6) is 9.53. The highest BCUT2D eigenvalue weighted by atomic mass is 14.6. The fourth-order valence-corrected chi connectivity index (χ4v) is 7.80. The zero-order chi connectivity index (χ0) is 11.7. The van der Waals surface area contributed by atoms with Crippen molar-refractivity contribution in [1.29, 1.82) is 0 Å². The zero-order valence-corrected chi connectivity index (χ0v) is 11.7. The minimum absolute atomic E-state index is 1.17. The van der Waals surface area contributed by atoms with Crippen LogP contribution in [-0.4, -0.2) is 0 Å². The normalized spacial score (nSPS) is 61.3. The van der Waals surface area contributed by atoms with Crippen LogP contribution in [0.25, 0.3) is 0 Å². The van der Waals surface area contributed by atoms with Crippen LogP contribution in [0.4, 0.5) is 0 Å². The fraction of sp³-hybridized carbons (Fsp3) is 1.00. The molecule has 5 fully saturated rings. The quantitative estimate of drug-likeness (QED) is 0.569. The van der Waals surface area contributed by atoms with Crippen molar-refractivity contribution in [2.45, 2.75) is 64.2 Å². The van der Waals surface area contributed by atoms with E-state index in [0.29, 0.717) is 0 Å². The fourth-order valence-electron chi connectivity index (χ4n) is 7.80. The molecule has 18 heavy (non-hydrogen) atoms. The van der Waals surface area contributed by atoms with Crippen molar-refractivity contribution in [3.8, 4) is 0 Å². The molecule has 0 nitrogen and oxygen atoms in total. The Labute approximate surface area is 112 Å². The van der Waals surface area contributed by atoms with Crippen molar-refractivity contribution in [1.82, 2.24) is 0 Å². The molecule has 5 saturated carbocycles. The molecule has 0 aromatic rings. The maximum atomic E-state index is 1.66. The molecule has 0 heteroatoms. The highest BCUT2D eigenvalue weighted by Gasteiger charge is 2.58. The van der Waals surface area contributed by atoms with E-state index in [9.17, 15) is 0 Å². The lowest BCUT2D eigenvalue weighted by atomic mass is 9.49. The van der Waals surface area contributed by atoms with Gasteiger partial charge in [-0.15, -0.1) is 0 Å². The average molecular weight is 244 g/mol. The second kappa shape index (κ2) is 3.76. The molecule has 8 atom stereocenters. The van der Waals surface area contributed by atoms with Crippen LogP contribution in [0, 0.1) is 47.3 Å². The van der Waals surface area contributed by atoms with Gasteiger partial charge in [0.05, 0.1) is 0 Å². The maximum Gasteiger partial charge on any atom is -0.0318 e. The van der Waals surface area contributed by atoms with Gasteiger partial charge in [0.25, 0.3) is 0 Å². The van der Waals surface area contributed by atoms with Gasteiger partial charge in [0.1, 0.15) is 0 Å². The third-order valence-corrected chi connectivity index (χ3v) is 8.03. The van der Waals surface area contributed by atoms with Crippen LogP contribution in [0.15, 0.2) is 0 Å². The highest BCUT2D eigenvalue weighted by molar-refractivity contribution is 5.07. The molecule has 0 radical (unpaired) electrons. The molecule has 8 unspecified atom stereocenters. The Hall–Kier alpha value is 0. The third kappa shape index (κ3) is 1.28. The molecule has 100 valence electrons. The Morgan fingerprint density at radius 1 is 0.389 bits per heavy atom. The van der Waals surface area contributed by atoms with Gasteiger partial charge >= 0.3 is 0 Å². The molecule has 0 aliphatic heterocycles. The first-order valence-corrected chi connectivity index (χ1v) is 8.92. The van der Waals surface area contributed by atoms with Crippen LogP contribution in [0.2, 0.25) is 0 Å².